The summed E-state index contributed by atoms with van der Waals surface area (Å²) < 4.78 is 40.3. The number of nitrogens with zero attached hydrogens (tertiary/aromatic N) is 2. The number of amides is 1. The number of piperidine rings is 1. The minimum Gasteiger partial charge on any atom is -0.335 e. The lowest BCUT2D eigenvalue weighted by atomic mass is 9.95. The van der Waals surface area contributed by atoms with Crippen LogP contribution in [0, 0.1) is 17.7 Å². The van der Waals surface area contributed by atoms with Gasteiger partial charge < -0.3 is 4.90 Å². The van der Waals surface area contributed by atoms with Gasteiger partial charge >= 0.3 is 0 Å². The lowest BCUT2D eigenvalue weighted by Gasteiger charge is -2.36. The van der Waals surface area contributed by atoms with E-state index in [1.165, 1.54) is 16.4 Å². The van der Waals surface area contributed by atoms with Crippen molar-refractivity contribution in [3.05, 3.63) is 66.0 Å². The number of hydrogen-bond acceptors (Lipinski definition) is 3. The molecule has 0 N–H and O–H groups in total. The van der Waals surface area contributed by atoms with Gasteiger partial charge in [-0.2, -0.15) is 4.31 Å². The molecule has 7 heteroatoms. The fourth-order valence-corrected chi connectivity index (χ4v) is 5.84. The van der Waals surface area contributed by atoms with Gasteiger partial charge in [-0.15, -0.1) is 0 Å². The first-order valence-corrected chi connectivity index (χ1v) is 12.4. The molecule has 2 fully saturated rings. The van der Waals surface area contributed by atoms with Crippen molar-refractivity contribution < 1.29 is 17.6 Å². The first-order valence-electron chi connectivity index (χ1n) is 11.0. The van der Waals surface area contributed by atoms with Crippen LogP contribution >= 0.6 is 0 Å². The SMILES string of the molecule is CC(C1CC1)N(Cc1ccccc1)C(=O)C1CCN(S(=O)(=O)c2ccc(F)cc2)CC1. The van der Waals surface area contributed by atoms with E-state index in [-0.39, 0.29) is 22.8 Å². The maximum absolute atomic E-state index is 13.5. The number of sulfonamides is 1. The fourth-order valence-electron chi connectivity index (χ4n) is 4.37. The molecule has 2 aromatic carbocycles. The Kier molecular flexibility index (Phi) is 6.44. The Morgan fingerprint density at radius 3 is 2.23 bits per heavy atom. The molecule has 0 spiro atoms. The predicted molar refractivity (Wildman–Crippen MR) is 117 cm³/mol. The number of rotatable bonds is 7. The number of carbonyl (C=O) groups excluding carboxylic acids is 1. The van der Waals surface area contributed by atoms with Crippen molar-refractivity contribution in [3.8, 4) is 0 Å². The van der Waals surface area contributed by atoms with E-state index < -0.39 is 15.8 Å². The Balaban J connectivity index is 1.43. The maximum Gasteiger partial charge on any atom is 0.243 e. The third kappa shape index (κ3) is 4.99. The minimum absolute atomic E-state index is 0.0896. The van der Waals surface area contributed by atoms with Crippen molar-refractivity contribution in [3.63, 3.8) is 0 Å². The molecule has 0 bridgehead atoms. The summed E-state index contributed by atoms with van der Waals surface area (Å²) in [5, 5.41) is 0. The Bertz CT molecular complexity index is 999. The molecule has 0 radical (unpaired) electrons. The zero-order chi connectivity index (χ0) is 22.0. The van der Waals surface area contributed by atoms with Crippen molar-refractivity contribution in [2.75, 3.05) is 13.1 Å². The average Bonchev–Trinajstić information content (AvgIpc) is 3.63. The fraction of sp³-hybridized carbons (Fsp3) is 0.458. The molecule has 0 aromatic heterocycles. The normalized spacial score (nSPS) is 19.2. The molecule has 1 saturated carbocycles. The van der Waals surface area contributed by atoms with Crippen LogP contribution in [0.1, 0.15) is 38.2 Å². The van der Waals surface area contributed by atoms with Gasteiger partial charge in [0, 0.05) is 31.6 Å². The second kappa shape index (κ2) is 9.09. The summed E-state index contributed by atoms with van der Waals surface area (Å²) in [5.74, 6) is 0.0461. The van der Waals surface area contributed by atoms with Gasteiger partial charge in [0.2, 0.25) is 15.9 Å². The summed E-state index contributed by atoms with van der Waals surface area (Å²) in [5.41, 5.74) is 1.11. The zero-order valence-corrected chi connectivity index (χ0v) is 18.6. The van der Waals surface area contributed by atoms with Gasteiger partial charge in [0.1, 0.15) is 5.82 Å². The maximum atomic E-state index is 13.5. The van der Waals surface area contributed by atoms with Crippen LogP contribution in [0.4, 0.5) is 4.39 Å². The van der Waals surface area contributed by atoms with E-state index >= 15 is 0 Å². The molecule has 1 unspecified atom stereocenters. The molecule has 166 valence electrons. The lowest BCUT2D eigenvalue weighted by molar-refractivity contribution is -0.140. The van der Waals surface area contributed by atoms with Crippen molar-refractivity contribution in [1.29, 1.82) is 0 Å². The molecule has 1 aliphatic carbocycles. The van der Waals surface area contributed by atoms with Crippen LogP contribution in [0.5, 0.6) is 0 Å². The van der Waals surface area contributed by atoms with E-state index in [0.717, 1.165) is 30.5 Å². The second-order valence-corrected chi connectivity index (χ2v) is 10.6. The van der Waals surface area contributed by atoms with E-state index in [2.05, 4.69) is 6.92 Å². The highest BCUT2D eigenvalue weighted by Crippen LogP contribution is 2.37. The molecule has 2 aliphatic rings. The summed E-state index contributed by atoms with van der Waals surface area (Å²) in [6.07, 6.45) is 3.33. The second-order valence-electron chi connectivity index (χ2n) is 8.66. The van der Waals surface area contributed by atoms with Gasteiger partial charge in [0.05, 0.1) is 4.90 Å². The largest absolute Gasteiger partial charge is 0.335 e. The Morgan fingerprint density at radius 1 is 1.03 bits per heavy atom. The van der Waals surface area contributed by atoms with E-state index in [4.69, 9.17) is 0 Å². The molecule has 2 aromatic rings. The summed E-state index contributed by atoms with van der Waals surface area (Å²) in [6, 6.07) is 15.1. The Hall–Kier alpha value is -2.25. The molecule has 1 aliphatic heterocycles. The third-order valence-corrected chi connectivity index (χ3v) is 8.44. The summed E-state index contributed by atoms with van der Waals surface area (Å²) in [6.45, 7) is 3.32. The molecule has 5 nitrogen and oxygen atoms in total. The van der Waals surface area contributed by atoms with Crippen LogP contribution in [0.2, 0.25) is 0 Å². The van der Waals surface area contributed by atoms with Crippen LogP contribution in [0.25, 0.3) is 0 Å². The average molecular weight is 445 g/mol. The summed E-state index contributed by atoms with van der Waals surface area (Å²) in [4.78, 5) is 15.5. The molecular formula is C24H29FN2O3S. The van der Waals surface area contributed by atoms with Crippen molar-refractivity contribution >= 4 is 15.9 Å². The molecule has 1 atom stereocenters. The highest BCUT2D eigenvalue weighted by atomic mass is 32.2. The van der Waals surface area contributed by atoms with Crippen molar-refractivity contribution in [2.24, 2.45) is 11.8 Å². The van der Waals surface area contributed by atoms with Crippen LogP contribution < -0.4 is 0 Å². The van der Waals surface area contributed by atoms with Gasteiger partial charge in [0.25, 0.3) is 0 Å². The molecule has 1 saturated heterocycles. The van der Waals surface area contributed by atoms with E-state index in [1.54, 1.807) is 0 Å². The van der Waals surface area contributed by atoms with Gasteiger partial charge in [-0.1, -0.05) is 30.3 Å². The highest BCUT2D eigenvalue weighted by molar-refractivity contribution is 7.89. The van der Waals surface area contributed by atoms with Crippen LogP contribution in [-0.2, 0) is 21.4 Å². The Morgan fingerprint density at radius 2 is 1.65 bits per heavy atom. The van der Waals surface area contributed by atoms with E-state index in [1.807, 2.05) is 35.2 Å². The standard InChI is InChI=1S/C24H29FN2O3S/c1-18(20-7-8-20)27(17-19-5-3-2-4-6-19)24(28)21-13-15-26(16-14-21)31(29,30)23-11-9-22(25)10-12-23/h2-6,9-12,18,20-21H,7-8,13-17H2,1H3. The molecule has 4 rings (SSSR count). The monoisotopic (exact) mass is 444 g/mol. The van der Waals surface area contributed by atoms with Gasteiger partial charge in [-0.3, -0.25) is 4.79 Å². The molecule has 1 heterocycles. The molecular weight excluding hydrogens is 415 g/mol. The number of benzene rings is 2. The van der Waals surface area contributed by atoms with E-state index in [9.17, 15) is 17.6 Å². The van der Waals surface area contributed by atoms with Crippen LogP contribution in [0.3, 0.4) is 0 Å². The topological polar surface area (TPSA) is 57.7 Å². The van der Waals surface area contributed by atoms with Crippen molar-refractivity contribution in [1.82, 2.24) is 9.21 Å². The first-order chi connectivity index (χ1) is 14.9. The predicted octanol–water partition coefficient (Wildman–Crippen LogP) is 4.05. The third-order valence-electron chi connectivity index (χ3n) is 6.53. The minimum atomic E-state index is -3.67. The number of hydrogen-bond donors (Lipinski definition) is 0. The molecule has 1 amide bonds. The molecule has 31 heavy (non-hydrogen) atoms. The zero-order valence-electron chi connectivity index (χ0n) is 17.8. The number of carbonyl (C=O) groups is 1. The quantitative estimate of drug-likeness (QED) is 0.647. The van der Waals surface area contributed by atoms with Crippen molar-refractivity contribution in [2.45, 2.75) is 50.1 Å². The van der Waals surface area contributed by atoms with Gasteiger partial charge in [0.15, 0.2) is 0 Å². The summed E-state index contributed by atoms with van der Waals surface area (Å²) in [7, 11) is -3.67. The highest BCUT2D eigenvalue weighted by Gasteiger charge is 2.38. The van der Waals surface area contributed by atoms with Gasteiger partial charge in [-0.05, 0) is 68.4 Å². The Labute approximate surface area is 183 Å². The van der Waals surface area contributed by atoms with Crippen LogP contribution in [-0.4, -0.2) is 42.7 Å². The van der Waals surface area contributed by atoms with E-state index in [0.29, 0.717) is 38.4 Å². The number of halogens is 1. The summed E-state index contributed by atoms with van der Waals surface area (Å²) >= 11 is 0. The smallest absolute Gasteiger partial charge is 0.243 e. The first kappa shape index (κ1) is 22.0. The lowest BCUT2D eigenvalue weighted by Crippen LogP contribution is -2.47. The van der Waals surface area contributed by atoms with Gasteiger partial charge in [-0.25, -0.2) is 12.8 Å². The van der Waals surface area contributed by atoms with Crippen LogP contribution in [0.15, 0.2) is 59.5 Å².